The first-order valence-electron chi connectivity index (χ1n) is 6.31. The van der Waals surface area contributed by atoms with Gasteiger partial charge in [-0.3, -0.25) is 9.69 Å². The molecule has 4 nitrogen and oxygen atoms in total. The summed E-state index contributed by atoms with van der Waals surface area (Å²) in [5.41, 5.74) is 0. The van der Waals surface area contributed by atoms with Crippen LogP contribution in [0.3, 0.4) is 0 Å². The molecule has 2 aliphatic heterocycles. The molecule has 0 aliphatic carbocycles. The standard InChI is InChI=1S/C12H22N2O2/c1-9(2)16-12(15)8-14-6-5-10-3-4-11(7-14)13-10/h9-11,13H,3-8H2,1-2H3. The summed E-state index contributed by atoms with van der Waals surface area (Å²) >= 11 is 0. The Hall–Kier alpha value is -0.610. The molecule has 92 valence electrons. The number of carbonyl (C=O) groups excluding carboxylic acids is 1. The van der Waals surface area contributed by atoms with Crippen LogP contribution in [0.5, 0.6) is 0 Å². The number of nitrogens with zero attached hydrogens (tertiary/aromatic N) is 1. The number of esters is 1. The predicted molar refractivity (Wildman–Crippen MR) is 62.2 cm³/mol. The fraction of sp³-hybridized carbons (Fsp3) is 0.917. The van der Waals surface area contributed by atoms with Gasteiger partial charge in [0.05, 0.1) is 12.6 Å². The summed E-state index contributed by atoms with van der Waals surface area (Å²) in [7, 11) is 0. The average Bonchev–Trinajstić information content (AvgIpc) is 2.49. The lowest BCUT2D eigenvalue weighted by Gasteiger charge is -2.23. The zero-order chi connectivity index (χ0) is 11.5. The summed E-state index contributed by atoms with van der Waals surface area (Å²) in [4.78, 5) is 13.8. The summed E-state index contributed by atoms with van der Waals surface area (Å²) in [6.45, 7) is 6.24. The van der Waals surface area contributed by atoms with Crippen molar-refractivity contribution in [3.63, 3.8) is 0 Å². The van der Waals surface area contributed by atoms with Crippen LogP contribution in [0.15, 0.2) is 0 Å². The van der Waals surface area contributed by atoms with Gasteiger partial charge in [0.15, 0.2) is 0 Å². The van der Waals surface area contributed by atoms with Gasteiger partial charge in [-0.1, -0.05) is 0 Å². The van der Waals surface area contributed by atoms with E-state index in [0.717, 1.165) is 19.5 Å². The van der Waals surface area contributed by atoms with Crippen LogP contribution in [0.4, 0.5) is 0 Å². The first-order valence-corrected chi connectivity index (χ1v) is 6.31. The highest BCUT2D eigenvalue weighted by molar-refractivity contribution is 5.71. The number of carbonyl (C=O) groups is 1. The highest BCUT2D eigenvalue weighted by atomic mass is 16.5. The molecular formula is C12H22N2O2. The first-order chi connectivity index (χ1) is 7.63. The molecule has 4 heteroatoms. The lowest BCUT2D eigenvalue weighted by Crippen LogP contribution is -2.39. The predicted octanol–water partition coefficient (Wildman–Crippen LogP) is 0.764. The molecule has 2 bridgehead atoms. The minimum atomic E-state index is -0.0900. The van der Waals surface area contributed by atoms with Crippen molar-refractivity contribution in [2.24, 2.45) is 0 Å². The van der Waals surface area contributed by atoms with Crippen LogP contribution in [0.25, 0.3) is 0 Å². The van der Waals surface area contributed by atoms with Crippen LogP contribution in [0.1, 0.15) is 33.1 Å². The molecule has 0 aromatic rings. The van der Waals surface area contributed by atoms with E-state index >= 15 is 0 Å². The van der Waals surface area contributed by atoms with Crippen LogP contribution >= 0.6 is 0 Å². The number of fused-ring (bicyclic) bond motifs is 2. The van der Waals surface area contributed by atoms with E-state index in [-0.39, 0.29) is 12.1 Å². The van der Waals surface area contributed by atoms with Crippen molar-refractivity contribution < 1.29 is 9.53 Å². The third-order valence-corrected chi connectivity index (χ3v) is 3.33. The van der Waals surface area contributed by atoms with Gasteiger partial charge in [-0.05, 0) is 33.1 Å². The Balaban J connectivity index is 1.79. The van der Waals surface area contributed by atoms with Crippen LogP contribution in [-0.2, 0) is 9.53 Å². The highest BCUT2D eigenvalue weighted by Gasteiger charge is 2.29. The normalized spacial score (nSPS) is 30.4. The molecule has 0 radical (unpaired) electrons. The molecule has 2 aliphatic rings. The van der Waals surface area contributed by atoms with Crippen molar-refractivity contribution in [1.29, 1.82) is 0 Å². The Bertz CT molecular complexity index is 255. The molecule has 0 aromatic carbocycles. The number of ether oxygens (including phenoxy) is 1. The Morgan fingerprint density at radius 1 is 1.38 bits per heavy atom. The highest BCUT2D eigenvalue weighted by Crippen LogP contribution is 2.20. The summed E-state index contributed by atoms with van der Waals surface area (Å²) in [5.74, 6) is -0.0900. The molecule has 2 rings (SSSR count). The fourth-order valence-electron chi connectivity index (χ4n) is 2.64. The lowest BCUT2D eigenvalue weighted by atomic mass is 10.1. The number of likely N-dealkylation sites (tertiary alicyclic amines) is 1. The van der Waals surface area contributed by atoms with Crippen LogP contribution in [0.2, 0.25) is 0 Å². The van der Waals surface area contributed by atoms with Crippen molar-refractivity contribution in [2.45, 2.75) is 51.3 Å². The van der Waals surface area contributed by atoms with Crippen LogP contribution < -0.4 is 5.32 Å². The van der Waals surface area contributed by atoms with E-state index in [9.17, 15) is 4.79 Å². The third kappa shape index (κ3) is 3.19. The van der Waals surface area contributed by atoms with Gasteiger partial charge < -0.3 is 10.1 Å². The minimum Gasteiger partial charge on any atom is -0.462 e. The third-order valence-electron chi connectivity index (χ3n) is 3.33. The second kappa shape index (κ2) is 5.15. The maximum atomic E-state index is 11.6. The second-order valence-corrected chi connectivity index (χ2v) is 5.20. The van der Waals surface area contributed by atoms with Gasteiger partial charge >= 0.3 is 5.97 Å². The molecule has 0 amide bonds. The average molecular weight is 226 g/mol. The molecule has 2 heterocycles. The fourth-order valence-corrected chi connectivity index (χ4v) is 2.64. The summed E-state index contributed by atoms with van der Waals surface area (Å²) in [6, 6.07) is 1.26. The van der Waals surface area contributed by atoms with Crippen molar-refractivity contribution in [2.75, 3.05) is 19.6 Å². The summed E-state index contributed by atoms with van der Waals surface area (Å²) in [5, 5.41) is 3.60. The van der Waals surface area contributed by atoms with Crippen molar-refractivity contribution in [3.05, 3.63) is 0 Å². The van der Waals surface area contributed by atoms with Crippen molar-refractivity contribution >= 4 is 5.97 Å². The first kappa shape index (κ1) is 11.9. The van der Waals surface area contributed by atoms with E-state index < -0.39 is 0 Å². The topological polar surface area (TPSA) is 41.6 Å². The van der Waals surface area contributed by atoms with Crippen LogP contribution in [-0.4, -0.2) is 48.7 Å². The molecule has 0 spiro atoms. The van der Waals surface area contributed by atoms with E-state index in [0.29, 0.717) is 18.6 Å². The monoisotopic (exact) mass is 226 g/mol. The SMILES string of the molecule is CC(C)OC(=O)CN1CCC2CCC(C1)N2. The quantitative estimate of drug-likeness (QED) is 0.722. The Morgan fingerprint density at radius 3 is 2.88 bits per heavy atom. The largest absolute Gasteiger partial charge is 0.462 e. The van der Waals surface area contributed by atoms with E-state index in [1.165, 1.54) is 12.8 Å². The van der Waals surface area contributed by atoms with Crippen molar-refractivity contribution in [1.82, 2.24) is 10.2 Å². The number of hydrogen-bond acceptors (Lipinski definition) is 4. The van der Waals surface area contributed by atoms with Crippen LogP contribution in [0, 0.1) is 0 Å². The molecule has 0 aromatic heterocycles. The van der Waals surface area contributed by atoms with Gasteiger partial charge in [0.25, 0.3) is 0 Å². The molecule has 1 N–H and O–H groups in total. The smallest absolute Gasteiger partial charge is 0.320 e. The van der Waals surface area contributed by atoms with Gasteiger partial charge in [-0.25, -0.2) is 0 Å². The Kier molecular flexibility index (Phi) is 3.82. The molecule has 2 unspecified atom stereocenters. The summed E-state index contributed by atoms with van der Waals surface area (Å²) in [6.07, 6.45) is 3.70. The molecule has 16 heavy (non-hydrogen) atoms. The second-order valence-electron chi connectivity index (χ2n) is 5.20. The Labute approximate surface area is 97.3 Å². The van der Waals surface area contributed by atoms with Gasteiger partial charge in [0, 0.05) is 25.2 Å². The van der Waals surface area contributed by atoms with E-state index in [2.05, 4.69) is 10.2 Å². The van der Waals surface area contributed by atoms with Gasteiger partial charge in [0.1, 0.15) is 0 Å². The zero-order valence-corrected chi connectivity index (χ0v) is 10.2. The number of rotatable bonds is 3. The maximum Gasteiger partial charge on any atom is 0.320 e. The van der Waals surface area contributed by atoms with E-state index in [4.69, 9.17) is 4.74 Å². The molecule has 0 saturated carbocycles. The number of nitrogens with one attached hydrogen (secondary N) is 1. The molecule has 2 atom stereocenters. The van der Waals surface area contributed by atoms with Gasteiger partial charge in [-0.15, -0.1) is 0 Å². The molecule has 2 fully saturated rings. The Morgan fingerprint density at radius 2 is 2.12 bits per heavy atom. The molecule has 2 saturated heterocycles. The minimum absolute atomic E-state index is 0.00551. The lowest BCUT2D eigenvalue weighted by molar-refractivity contribution is -0.148. The van der Waals surface area contributed by atoms with Gasteiger partial charge in [-0.2, -0.15) is 0 Å². The molecular weight excluding hydrogens is 204 g/mol. The summed E-state index contributed by atoms with van der Waals surface area (Å²) < 4.78 is 5.17. The van der Waals surface area contributed by atoms with Crippen molar-refractivity contribution in [3.8, 4) is 0 Å². The zero-order valence-electron chi connectivity index (χ0n) is 10.2. The number of hydrogen-bond donors (Lipinski definition) is 1. The van der Waals surface area contributed by atoms with E-state index in [1.807, 2.05) is 13.8 Å². The van der Waals surface area contributed by atoms with E-state index in [1.54, 1.807) is 0 Å². The van der Waals surface area contributed by atoms with Gasteiger partial charge in [0.2, 0.25) is 0 Å². The maximum absolute atomic E-state index is 11.6.